The molecule has 26 heavy (non-hydrogen) atoms. The summed E-state index contributed by atoms with van der Waals surface area (Å²) in [5.74, 6) is 0.363. The van der Waals surface area contributed by atoms with E-state index in [-0.39, 0.29) is 18.2 Å². The summed E-state index contributed by atoms with van der Waals surface area (Å²) in [6.07, 6.45) is 1.54. The lowest BCUT2D eigenvalue weighted by molar-refractivity contribution is 0.261. The molecule has 0 aliphatic carbocycles. The molecule has 3 aromatic rings. The highest BCUT2D eigenvalue weighted by Gasteiger charge is 2.10. The molecular formula is C19H15ClFN3O2. The van der Waals surface area contributed by atoms with Gasteiger partial charge >= 0.3 is 6.03 Å². The normalized spacial score (nSPS) is 10.2. The van der Waals surface area contributed by atoms with Gasteiger partial charge < -0.3 is 10.1 Å². The highest BCUT2D eigenvalue weighted by atomic mass is 35.5. The van der Waals surface area contributed by atoms with E-state index in [4.69, 9.17) is 16.3 Å². The first-order valence-corrected chi connectivity index (χ1v) is 8.14. The number of carbonyl (C=O) groups excluding carboxylic acids is 1. The summed E-state index contributed by atoms with van der Waals surface area (Å²) in [5.41, 5.74) is 1.35. The fourth-order valence-electron chi connectivity index (χ4n) is 2.18. The Morgan fingerprint density at radius 1 is 1.08 bits per heavy atom. The number of anilines is 2. The first-order valence-electron chi connectivity index (χ1n) is 7.76. The molecule has 5 nitrogen and oxygen atoms in total. The molecule has 0 radical (unpaired) electrons. The number of halogens is 2. The molecule has 2 aromatic carbocycles. The zero-order chi connectivity index (χ0) is 18.4. The van der Waals surface area contributed by atoms with Crippen LogP contribution in [0.15, 0.2) is 66.9 Å². The maximum atomic E-state index is 12.9. The standard InChI is InChI=1S/C19H15ClFN3O2/c20-14-3-1-4-16(11-14)23-19(25)24-18-17(5-2-10-22-18)26-12-13-6-8-15(21)9-7-13/h1-11H,12H2,(H2,22,23,24,25). The van der Waals surface area contributed by atoms with E-state index in [1.54, 1.807) is 54.7 Å². The predicted octanol–water partition coefficient (Wildman–Crippen LogP) is 5.10. The van der Waals surface area contributed by atoms with Crippen LogP contribution >= 0.6 is 11.6 Å². The van der Waals surface area contributed by atoms with Crippen LogP contribution in [0.1, 0.15) is 5.56 Å². The molecular weight excluding hydrogens is 357 g/mol. The highest BCUT2D eigenvalue weighted by Crippen LogP contribution is 2.23. The van der Waals surface area contributed by atoms with E-state index in [0.717, 1.165) is 5.56 Å². The molecule has 0 aliphatic heterocycles. The number of pyridine rings is 1. The Balaban J connectivity index is 1.64. The number of aromatic nitrogens is 1. The third-order valence-electron chi connectivity index (χ3n) is 3.39. The van der Waals surface area contributed by atoms with Gasteiger partial charge in [-0.15, -0.1) is 0 Å². The van der Waals surface area contributed by atoms with Gasteiger partial charge in [0.05, 0.1) is 0 Å². The lowest BCUT2D eigenvalue weighted by Gasteiger charge is -2.12. The molecule has 0 saturated heterocycles. The van der Waals surface area contributed by atoms with Gasteiger partial charge in [-0.25, -0.2) is 14.2 Å². The van der Waals surface area contributed by atoms with Crippen molar-refractivity contribution < 1.29 is 13.9 Å². The molecule has 2 N–H and O–H groups in total. The van der Waals surface area contributed by atoms with Crippen LogP contribution in [-0.2, 0) is 6.61 Å². The Hall–Kier alpha value is -3.12. The van der Waals surface area contributed by atoms with Gasteiger partial charge in [0.1, 0.15) is 12.4 Å². The zero-order valence-electron chi connectivity index (χ0n) is 13.6. The van der Waals surface area contributed by atoms with Crippen molar-refractivity contribution >= 4 is 29.1 Å². The fourth-order valence-corrected chi connectivity index (χ4v) is 2.37. The van der Waals surface area contributed by atoms with Crippen molar-refractivity contribution in [3.63, 3.8) is 0 Å². The van der Waals surface area contributed by atoms with E-state index in [1.165, 1.54) is 12.1 Å². The molecule has 132 valence electrons. The van der Waals surface area contributed by atoms with Crippen LogP contribution in [0.3, 0.4) is 0 Å². The predicted molar refractivity (Wildman–Crippen MR) is 99.1 cm³/mol. The first-order chi connectivity index (χ1) is 12.6. The van der Waals surface area contributed by atoms with E-state index in [1.807, 2.05) is 0 Å². The summed E-state index contributed by atoms with van der Waals surface area (Å²) in [4.78, 5) is 16.3. The Morgan fingerprint density at radius 3 is 2.65 bits per heavy atom. The minimum atomic E-state index is -0.474. The summed E-state index contributed by atoms with van der Waals surface area (Å²) in [7, 11) is 0. The second-order valence-electron chi connectivity index (χ2n) is 5.35. The monoisotopic (exact) mass is 371 g/mol. The minimum absolute atomic E-state index is 0.219. The fraction of sp³-hybridized carbons (Fsp3) is 0.0526. The van der Waals surface area contributed by atoms with Crippen LogP contribution in [-0.4, -0.2) is 11.0 Å². The number of nitrogens with zero attached hydrogens (tertiary/aromatic N) is 1. The second-order valence-corrected chi connectivity index (χ2v) is 5.79. The van der Waals surface area contributed by atoms with Crippen molar-refractivity contribution in [2.24, 2.45) is 0 Å². The van der Waals surface area contributed by atoms with Crippen LogP contribution in [0.4, 0.5) is 20.7 Å². The van der Waals surface area contributed by atoms with E-state index < -0.39 is 6.03 Å². The molecule has 7 heteroatoms. The first kappa shape index (κ1) is 17.7. The number of hydrogen-bond acceptors (Lipinski definition) is 3. The van der Waals surface area contributed by atoms with Crippen molar-refractivity contribution in [2.45, 2.75) is 6.61 Å². The van der Waals surface area contributed by atoms with Crippen molar-refractivity contribution in [1.29, 1.82) is 0 Å². The maximum absolute atomic E-state index is 12.9. The van der Waals surface area contributed by atoms with E-state index >= 15 is 0 Å². The Bertz CT molecular complexity index is 903. The third kappa shape index (κ3) is 4.94. The smallest absolute Gasteiger partial charge is 0.324 e. The lowest BCUT2D eigenvalue weighted by Crippen LogP contribution is -2.20. The largest absolute Gasteiger partial charge is 0.485 e. The highest BCUT2D eigenvalue weighted by molar-refractivity contribution is 6.30. The maximum Gasteiger partial charge on any atom is 0.324 e. The number of nitrogens with one attached hydrogen (secondary N) is 2. The number of urea groups is 1. The van der Waals surface area contributed by atoms with Crippen molar-refractivity contribution in [3.05, 3.63) is 83.3 Å². The minimum Gasteiger partial charge on any atom is -0.485 e. The molecule has 0 saturated carbocycles. The SMILES string of the molecule is O=C(Nc1cccc(Cl)c1)Nc1ncccc1OCc1ccc(F)cc1. The number of amides is 2. The van der Waals surface area contributed by atoms with Gasteiger partial charge in [0, 0.05) is 16.9 Å². The number of benzene rings is 2. The second kappa shape index (κ2) is 8.31. The van der Waals surface area contributed by atoms with Crippen LogP contribution in [0.5, 0.6) is 5.75 Å². The van der Waals surface area contributed by atoms with E-state index in [9.17, 15) is 9.18 Å². The van der Waals surface area contributed by atoms with Crippen LogP contribution in [0.2, 0.25) is 5.02 Å². The van der Waals surface area contributed by atoms with Crippen molar-refractivity contribution in [3.8, 4) is 5.75 Å². The Morgan fingerprint density at radius 2 is 1.88 bits per heavy atom. The number of hydrogen-bond donors (Lipinski definition) is 2. The number of rotatable bonds is 5. The average Bonchev–Trinajstić information content (AvgIpc) is 2.62. The third-order valence-corrected chi connectivity index (χ3v) is 3.63. The molecule has 0 unspecified atom stereocenters. The van der Waals surface area contributed by atoms with Gasteiger partial charge in [-0.1, -0.05) is 29.8 Å². The van der Waals surface area contributed by atoms with Crippen molar-refractivity contribution in [1.82, 2.24) is 4.98 Å². The molecule has 0 bridgehead atoms. The van der Waals surface area contributed by atoms with Crippen LogP contribution in [0.25, 0.3) is 0 Å². The van der Waals surface area contributed by atoms with Crippen LogP contribution < -0.4 is 15.4 Å². The van der Waals surface area contributed by atoms with E-state index in [0.29, 0.717) is 16.5 Å². The molecule has 0 fully saturated rings. The van der Waals surface area contributed by atoms with Gasteiger partial charge in [0.2, 0.25) is 0 Å². The molecule has 1 heterocycles. The van der Waals surface area contributed by atoms with Gasteiger partial charge in [-0.05, 0) is 48.0 Å². The Kier molecular flexibility index (Phi) is 5.66. The Labute approximate surface area is 154 Å². The average molecular weight is 372 g/mol. The van der Waals surface area contributed by atoms with Gasteiger partial charge in [0.25, 0.3) is 0 Å². The molecule has 2 amide bonds. The van der Waals surface area contributed by atoms with Gasteiger partial charge in [-0.2, -0.15) is 0 Å². The molecule has 0 spiro atoms. The summed E-state index contributed by atoms with van der Waals surface area (Å²) in [5, 5.41) is 5.82. The summed E-state index contributed by atoms with van der Waals surface area (Å²) in [6, 6.07) is 15.7. The van der Waals surface area contributed by atoms with E-state index in [2.05, 4.69) is 15.6 Å². The lowest BCUT2D eigenvalue weighted by atomic mass is 10.2. The summed E-state index contributed by atoms with van der Waals surface area (Å²) < 4.78 is 18.6. The van der Waals surface area contributed by atoms with Gasteiger partial charge in [-0.3, -0.25) is 5.32 Å². The van der Waals surface area contributed by atoms with Crippen molar-refractivity contribution in [2.75, 3.05) is 10.6 Å². The topological polar surface area (TPSA) is 63.2 Å². The molecule has 0 atom stereocenters. The summed E-state index contributed by atoms with van der Waals surface area (Å²) in [6.45, 7) is 0.219. The van der Waals surface area contributed by atoms with Crippen LogP contribution in [0, 0.1) is 5.82 Å². The van der Waals surface area contributed by atoms with Gasteiger partial charge in [0.15, 0.2) is 11.6 Å². The molecule has 3 rings (SSSR count). The molecule has 1 aromatic heterocycles. The summed E-state index contributed by atoms with van der Waals surface area (Å²) >= 11 is 5.90. The quantitative estimate of drug-likeness (QED) is 0.656. The molecule has 0 aliphatic rings. The number of carbonyl (C=O) groups is 1. The zero-order valence-corrected chi connectivity index (χ0v) is 14.3. The number of ether oxygens (including phenoxy) is 1.